The van der Waals surface area contributed by atoms with Crippen LogP contribution in [0, 0.1) is 11.3 Å². The van der Waals surface area contributed by atoms with Gasteiger partial charge in [0.05, 0.1) is 16.7 Å². The van der Waals surface area contributed by atoms with Crippen LogP contribution in [0.15, 0.2) is 18.2 Å². The average Bonchev–Trinajstić information content (AvgIpc) is 2.50. The number of halogens is 1. The summed E-state index contributed by atoms with van der Waals surface area (Å²) in [6, 6.07) is 7.03. The van der Waals surface area contributed by atoms with Gasteiger partial charge in [0.25, 0.3) is 5.91 Å². The monoisotopic (exact) mass is 306 g/mol. The van der Waals surface area contributed by atoms with Gasteiger partial charge in [0.15, 0.2) is 6.10 Å². The molecule has 112 valence electrons. The van der Waals surface area contributed by atoms with Gasteiger partial charge in [-0.05, 0) is 38.0 Å². The quantitative estimate of drug-likeness (QED) is 0.927. The zero-order valence-electron chi connectivity index (χ0n) is 12.1. The number of nitriles is 1. The second-order valence-electron chi connectivity index (χ2n) is 5.36. The molecular formula is C16H19ClN2O2. The highest BCUT2D eigenvalue weighted by molar-refractivity contribution is 6.32. The lowest BCUT2D eigenvalue weighted by atomic mass is 9.95. The normalized spacial score (nSPS) is 16.8. The first-order valence-corrected chi connectivity index (χ1v) is 7.64. The van der Waals surface area contributed by atoms with Crippen molar-refractivity contribution in [2.45, 2.75) is 51.2 Å². The second kappa shape index (κ2) is 7.33. The summed E-state index contributed by atoms with van der Waals surface area (Å²) in [5.41, 5.74) is 0.465. The highest BCUT2D eigenvalue weighted by Gasteiger charge is 2.21. The van der Waals surface area contributed by atoms with Gasteiger partial charge in [-0.3, -0.25) is 4.79 Å². The first-order valence-electron chi connectivity index (χ1n) is 7.27. The zero-order chi connectivity index (χ0) is 15.2. The summed E-state index contributed by atoms with van der Waals surface area (Å²) in [6.07, 6.45) is 5.05. The van der Waals surface area contributed by atoms with E-state index in [2.05, 4.69) is 5.32 Å². The Hall–Kier alpha value is -1.73. The van der Waals surface area contributed by atoms with Crippen molar-refractivity contribution in [3.8, 4) is 11.8 Å². The molecule has 21 heavy (non-hydrogen) atoms. The van der Waals surface area contributed by atoms with Crippen LogP contribution in [0.5, 0.6) is 5.75 Å². The number of rotatable bonds is 4. The predicted molar refractivity (Wildman–Crippen MR) is 81.3 cm³/mol. The van der Waals surface area contributed by atoms with E-state index in [4.69, 9.17) is 21.6 Å². The maximum atomic E-state index is 12.1. The largest absolute Gasteiger partial charge is 0.479 e. The lowest BCUT2D eigenvalue weighted by Gasteiger charge is -2.24. The number of ether oxygens (including phenoxy) is 1. The van der Waals surface area contributed by atoms with Crippen molar-refractivity contribution in [1.29, 1.82) is 5.26 Å². The molecular weight excluding hydrogens is 288 g/mol. The van der Waals surface area contributed by atoms with Crippen LogP contribution in [0.25, 0.3) is 0 Å². The Kier molecular flexibility index (Phi) is 5.46. The minimum atomic E-state index is -0.614. The summed E-state index contributed by atoms with van der Waals surface area (Å²) >= 11 is 6.04. The average molecular weight is 307 g/mol. The molecule has 0 bridgehead atoms. The molecule has 4 nitrogen and oxygen atoms in total. The number of carbonyl (C=O) groups is 1. The Morgan fingerprint density at radius 1 is 1.43 bits per heavy atom. The molecule has 1 amide bonds. The van der Waals surface area contributed by atoms with Crippen LogP contribution in [0.1, 0.15) is 44.6 Å². The molecule has 0 spiro atoms. The van der Waals surface area contributed by atoms with Crippen molar-refractivity contribution in [2.24, 2.45) is 0 Å². The third-order valence-corrected chi connectivity index (χ3v) is 3.98. The van der Waals surface area contributed by atoms with Crippen molar-refractivity contribution in [2.75, 3.05) is 0 Å². The zero-order valence-corrected chi connectivity index (χ0v) is 12.8. The molecule has 1 aromatic carbocycles. The molecule has 1 saturated carbocycles. The first kappa shape index (κ1) is 15.7. The number of amides is 1. The maximum absolute atomic E-state index is 12.1. The topological polar surface area (TPSA) is 62.1 Å². The fourth-order valence-electron chi connectivity index (χ4n) is 2.48. The van der Waals surface area contributed by atoms with Crippen molar-refractivity contribution in [3.63, 3.8) is 0 Å². The van der Waals surface area contributed by atoms with Gasteiger partial charge in [-0.15, -0.1) is 0 Å². The molecule has 0 aromatic heterocycles. The van der Waals surface area contributed by atoms with E-state index in [1.807, 2.05) is 6.07 Å². The number of hydrogen-bond donors (Lipinski definition) is 1. The summed E-state index contributed by atoms with van der Waals surface area (Å²) in [5.74, 6) is 0.296. The van der Waals surface area contributed by atoms with Gasteiger partial charge >= 0.3 is 0 Å². The van der Waals surface area contributed by atoms with E-state index in [0.717, 1.165) is 12.8 Å². The first-order chi connectivity index (χ1) is 10.1. The minimum absolute atomic E-state index is 0.123. The van der Waals surface area contributed by atoms with Gasteiger partial charge in [-0.25, -0.2) is 0 Å². The number of nitrogens with one attached hydrogen (secondary N) is 1. The van der Waals surface area contributed by atoms with Gasteiger partial charge < -0.3 is 10.1 Å². The predicted octanol–water partition coefficient (Wildman–Crippen LogP) is 3.43. The highest BCUT2D eigenvalue weighted by atomic mass is 35.5. The van der Waals surface area contributed by atoms with E-state index >= 15 is 0 Å². The molecule has 5 heteroatoms. The smallest absolute Gasteiger partial charge is 0.260 e. The molecule has 1 aromatic rings. The fraction of sp³-hybridized carbons (Fsp3) is 0.500. The Balaban J connectivity index is 1.92. The van der Waals surface area contributed by atoms with E-state index in [1.165, 1.54) is 25.3 Å². The molecule has 0 saturated heterocycles. The second-order valence-corrected chi connectivity index (χ2v) is 5.77. The minimum Gasteiger partial charge on any atom is -0.479 e. The van der Waals surface area contributed by atoms with Crippen LogP contribution in [0.4, 0.5) is 0 Å². The molecule has 1 atom stereocenters. The Morgan fingerprint density at radius 3 is 2.76 bits per heavy atom. The Morgan fingerprint density at radius 2 is 2.14 bits per heavy atom. The lowest BCUT2D eigenvalue weighted by Crippen LogP contribution is -2.43. The molecule has 1 aliphatic carbocycles. The summed E-state index contributed by atoms with van der Waals surface area (Å²) in [5, 5.41) is 12.2. The van der Waals surface area contributed by atoms with Gasteiger partial charge in [0.2, 0.25) is 0 Å². The standard InChI is InChI=1S/C16H19ClN2O2/c1-11(16(20)19-13-5-3-2-4-6-13)21-15-8-7-12(10-18)9-14(15)17/h7-9,11,13H,2-6H2,1H3,(H,19,20)/t11-/m1/s1. The molecule has 0 heterocycles. The van der Waals surface area contributed by atoms with Crippen LogP contribution in [0.2, 0.25) is 5.02 Å². The van der Waals surface area contributed by atoms with Gasteiger partial charge in [-0.2, -0.15) is 5.26 Å². The summed E-state index contributed by atoms with van der Waals surface area (Å²) < 4.78 is 5.59. The molecule has 1 N–H and O–H groups in total. The number of hydrogen-bond acceptors (Lipinski definition) is 3. The van der Waals surface area contributed by atoms with Crippen LogP contribution < -0.4 is 10.1 Å². The fourth-order valence-corrected chi connectivity index (χ4v) is 2.70. The Labute approximate surface area is 130 Å². The van der Waals surface area contributed by atoms with Crippen LogP contribution in [-0.2, 0) is 4.79 Å². The van der Waals surface area contributed by atoms with Crippen molar-refractivity contribution >= 4 is 17.5 Å². The van der Waals surface area contributed by atoms with Gasteiger partial charge in [0, 0.05) is 6.04 Å². The molecule has 1 aliphatic rings. The summed E-state index contributed by atoms with van der Waals surface area (Å²) in [4.78, 5) is 12.1. The Bertz CT molecular complexity index is 548. The third kappa shape index (κ3) is 4.37. The van der Waals surface area contributed by atoms with Crippen molar-refractivity contribution in [3.05, 3.63) is 28.8 Å². The lowest BCUT2D eigenvalue weighted by molar-refractivity contribution is -0.128. The van der Waals surface area contributed by atoms with E-state index in [0.29, 0.717) is 16.3 Å². The number of carbonyl (C=O) groups excluding carboxylic acids is 1. The van der Waals surface area contributed by atoms with Gasteiger partial charge in [0.1, 0.15) is 5.75 Å². The van der Waals surface area contributed by atoms with Crippen LogP contribution in [-0.4, -0.2) is 18.1 Å². The highest BCUT2D eigenvalue weighted by Crippen LogP contribution is 2.26. The van der Waals surface area contributed by atoms with Crippen LogP contribution in [0.3, 0.4) is 0 Å². The summed E-state index contributed by atoms with van der Waals surface area (Å²) in [6.45, 7) is 1.70. The van der Waals surface area contributed by atoms with Crippen molar-refractivity contribution < 1.29 is 9.53 Å². The van der Waals surface area contributed by atoms with E-state index in [-0.39, 0.29) is 11.9 Å². The van der Waals surface area contributed by atoms with E-state index < -0.39 is 6.10 Å². The molecule has 2 rings (SSSR count). The number of nitrogens with zero attached hydrogens (tertiary/aromatic N) is 1. The molecule has 0 aliphatic heterocycles. The van der Waals surface area contributed by atoms with E-state index in [1.54, 1.807) is 19.1 Å². The molecule has 1 fully saturated rings. The summed E-state index contributed by atoms with van der Waals surface area (Å²) in [7, 11) is 0. The SMILES string of the molecule is C[C@@H](Oc1ccc(C#N)cc1Cl)C(=O)NC1CCCCC1. The third-order valence-electron chi connectivity index (χ3n) is 3.69. The van der Waals surface area contributed by atoms with Crippen molar-refractivity contribution in [1.82, 2.24) is 5.32 Å². The number of benzene rings is 1. The van der Waals surface area contributed by atoms with Gasteiger partial charge in [-0.1, -0.05) is 30.9 Å². The van der Waals surface area contributed by atoms with E-state index in [9.17, 15) is 4.79 Å². The van der Waals surface area contributed by atoms with Crippen LogP contribution >= 0.6 is 11.6 Å². The molecule has 0 unspecified atom stereocenters. The molecule has 0 radical (unpaired) electrons. The maximum Gasteiger partial charge on any atom is 0.260 e.